The van der Waals surface area contributed by atoms with E-state index in [2.05, 4.69) is 29.8 Å². The lowest BCUT2D eigenvalue weighted by Crippen LogP contribution is -2.30. The Balaban J connectivity index is 2.60. The highest BCUT2D eigenvalue weighted by atomic mass is 79.9. The average Bonchev–Trinajstić information content (AvgIpc) is 2.63. The van der Waals surface area contributed by atoms with Gasteiger partial charge in [-0.2, -0.15) is 0 Å². The highest BCUT2D eigenvalue weighted by molar-refractivity contribution is 9.11. The molecule has 0 saturated heterocycles. The summed E-state index contributed by atoms with van der Waals surface area (Å²) in [4.78, 5) is 13.7. The van der Waals surface area contributed by atoms with Gasteiger partial charge in [-0.15, -0.1) is 11.3 Å². The van der Waals surface area contributed by atoms with E-state index in [1.54, 1.807) is 16.2 Å². The van der Waals surface area contributed by atoms with Crippen molar-refractivity contribution < 1.29 is 4.79 Å². The molecule has 84 valence electrons. The van der Waals surface area contributed by atoms with Crippen LogP contribution in [-0.2, 0) is 0 Å². The molecule has 1 heterocycles. The number of rotatable bonds is 4. The summed E-state index contributed by atoms with van der Waals surface area (Å²) in [5, 5.41) is 1.89. The molecule has 1 amide bonds. The molecular formula is C11H16BrNOS. The van der Waals surface area contributed by atoms with Crippen LogP contribution in [0.25, 0.3) is 0 Å². The summed E-state index contributed by atoms with van der Waals surface area (Å²) in [5.74, 6) is 0.665. The molecule has 0 spiro atoms. The van der Waals surface area contributed by atoms with Gasteiger partial charge >= 0.3 is 0 Å². The molecule has 0 fully saturated rings. The van der Waals surface area contributed by atoms with Crippen molar-refractivity contribution in [3.63, 3.8) is 0 Å². The largest absolute Gasteiger partial charge is 0.341 e. The molecule has 2 nitrogen and oxygen atoms in total. The van der Waals surface area contributed by atoms with E-state index in [1.165, 1.54) is 0 Å². The maximum Gasteiger partial charge on any atom is 0.254 e. The maximum atomic E-state index is 11.9. The molecule has 0 aromatic carbocycles. The van der Waals surface area contributed by atoms with Gasteiger partial charge in [0.05, 0.1) is 9.35 Å². The molecule has 1 aromatic heterocycles. The van der Waals surface area contributed by atoms with E-state index in [4.69, 9.17) is 0 Å². The summed E-state index contributed by atoms with van der Waals surface area (Å²) >= 11 is 4.91. The molecule has 15 heavy (non-hydrogen) atoms. The smallest absolute Gasteiger partial charge is 0.254 e. The first kappa shape index (κ1) is 12.7. The van der Waals surface area contributed by atoms with E-state index >= 15 is 0 Å². The molecule has 0 N–H and O–H groups in total. The van der Waals surface area contributed by atoms with Crippen molar-refractivity contribution >= 4 is 33.2 Å². The lowest BCUT2D eigenvalue weighted by molar-refractivity contribution is 0.0775. The van der Waals surface area contributed by atoms with Gasteiger partial charge < -0.3 is 4.90 Å². The van der Waals surface area contributed by atoms with Crippen molar-refractivity contribution in [1.29, 1.82) is 0 Å². The van der Waals surface area contributed by atoms with Gasteiger partial charge in [0.1, 0.15) is 0 Å². The van der Waals surface area contributed by atoms with Crippen LogP contribution in [0.2, 0.25) is 0 Å². The minimum atomic E-state index is 0.109. The van der Waals surface area contributed by atoms with Gasteiger partial charge in [-0.1, -0.05) is 20.3 Å². The molecule has 1 unspecified atom stereocenters. The molecule has 1 atom stereocenters. The van der Waals surface area contributed by atoms with Gasteiger partial charge in [-0.05, 0) is 27.9 Å². The Kier molecular flexibility index (Phi) is 4.80. The highest BCUT2D eigenvalue weighted by Gasteiger charge is 2.14. The molecule has 4 heteroatoms. The third-order valence-electron chi connectivity index (χ3n) is 2.44. The topological polar surface area (TPSA) is 20.3 Å². The first-order valence-electron chi connectivity index (χ1n) is 5.04. The van der Waals surface area contributed by atoms with Crippen LogP contribution in [-0.4, -0.2) is 24.4 Å². The number of nitrogens with zero attached hydrogens (tertiary/aromatic N) is 1. The third kappa shape index (κ3) is 3.61. The standard InChI is InChI=1S/C11H16BrNOS/c1-4-8(2)6-13(3)11(14)9-5-10(12)15-7-9/h5,7-8H,4,6H2,1-3H3. The third-order valence-corrected chi connectivity index (χ3v) is 3.95. The molecule has 0 saturated carbocycles. The van der Waals surface area contributed by atoms with E-state index in [-0.39, 0.29) is 5.91 Å². The number of halogens is 1. The van der Waals surface area contributed by atoms with Crippen molar-refractivity contribution in [2.24, 2.45) is 5.92 Å². The minimum absolute atomic E-state index is 0.109. The summed E-state index contributed by atoms with van der Waals surface area (Å²) < 4.78 is 1.00. The average molecular weight is 290 g/mol. The number of amides is 1. The van der Waals surface area contributed by atoms with E-state index in [0.717, 1.165) is 22.3 Å². The summed E-state index contributed by atoms with van der Waals surface area (Å²) in [7, 11) is 1.86. The van der Waals surface area contributed by atoms with Crippen LogP contribution in [0.5, 0.6) is 0 Å². The lowest BCUT2D eigenvalue weighted by Gasteiger charge is -2.20. The maximum absolute atomic E-state index is 11.9. The van der Waals surface area contributed by atoms with E-state index in [9.17, 15) is 4.79 Å². The predicted octanol–water partition coefficient (Wildman–Crippen LogP) is 3.63. The first-order valence-corrected chi connectivity index (χ1v) is 6.71. The molecule has 0 aliphatic rings. The summed E-state index contributed by atoms with van der Waals surface area (Å²) in [6.45, 7) is 5.13. The molecule has 1 rings (SSSR count). The van der Waals surface area contributed by atoms with Crippen molar-refractivity contribution in [1.82, 2.24) is 4.90 Å². The Morgan fingerprint density at radius 1 is 1.67 bits per heavy atom. The number of carbonyl (C=O) groups is 1. The molecule has 0 radical (unpaired) electrons. The molecule has 1 aromatic rings. The van der Waals surface area contributed by atoms with E-state index in [1.807, 2.05) is 18.5 Å². The fourth-order valence-corrected chi connectivity index (χ4v) is 2.45. The Hall–Kier alpha value is -0.350. The molecule has 0 bridgehead atoms. The highest BCUT2D eigenvalue weighted by Crippen LogP contribution is 2.21. The van der Waals surface area contributed by atoms with Crippen molar-refractivity contribution in [3.8, 4) is 0 Å². The van der Waals surface area contributed by atoms with Gasteiger partial charge in [0.15, 0.2) is 0 Å². The predicted molar refractivity (Wildman–Crippen MR) is 68.4 cm³/mol. The number of hydrogen-bond acceptors (Lipinski definition) is 2. The van der Waals surface area contributed by atoms with Crippen LogP contribution in [0.4, 0.5) is 0 Å². The molecule has 0 aliphatic heterocycles. The van der Waals surface area contributed by atoms with Crippen LogP contribution in [0.1, 0.15) is 30.6 Å². The lowest BCUT2D eigenvalue weighted by atomic mass is 10.1. The fraction of sp³-hybridized carbons (Fsp3) is 0.545. The number of carbonyl (C=O) groups excluding carboxylic acids is 1. The zero-order chi connectivity index (χ0) is 11.4. The van der Waals surface area contributed by atoms with Gasteiger partial charge in [-0.25, -0.2) is 0 Å². The minimum Gasteiger partial charge on any atom is -0.341 e. The first-order chi connectivity index (χ1) is 7.04. The van der Waals surface area contributed by atoms with Gasteiger partial charge in [0, 0.05) is 19.0 Å². The van der Waals surface area contributed by atoms with Crippen molar-refractivity contribution in [2.45, 2.75) is 20.3 Å². The van der Waals surface area contributed by atoms with Crippen LogP contribution in [0.3, 0.4) is 0 Å². The van der Waals surface area contributed by atoms with Crippen molar-refractivity contribution in [2.75, 3.05) is 13.6 Å². The second-order valence-corrected chi connectivity index (χ2v) is 6.13. The Morgan fingerprint density at radius 2 is 2.33 bits per heavy atom. The van der Waals surface area contributed by atoms with Crippen LogP contribution < -0.4 is 0 Å². The zero-order valence-electron chi connectivity index (χ0n) is 9.29. The molecule has 0 aliphatic carbocycles. The van der Waals surface area contributed by atoms with Gasteiger partial charge in [0.25, 0.3) is 5.91 Å². The SMILES string of the molecule is CCC(C)CN(C)C(=O)c1csc(Br)c1. The Morgan fingerprint density at radius 3 is 2.80 bits per heavy atom. The van der Waals surface area contributed by atoms with Crippen LogP contribution in [0, 0.1) is 5.92 Å². The summed E-state index contributed by atoms with van der Waals surface area (Å²) in [6.07, 6.45) is 1.10. The summed E-state index contributed by atoms with van der Waals surface area (Å²) in [5.41, 5.74) is 0.776. The van der Waals surface area contributed by atoms with Crippen LogP contribution >= 0.6 is 27.3 Å². The quantitative estimate of drug-likeness (QED) is 0.829. The fourth-order valence-electron chi connectivity index (χ4n) is 1.32. The summed E-state index contributed by atoms with van der Waals surface area (Å²) in [6, 6.07) is 1.88. The number of thiophene rings is 1. The molecular weight excluding hydrogens is 274 g/mol. The second-order valence-electron chi connectivity index (χ2n) is 3.84. The van der Waals surface area contributed by atoms with Gasteiger partial charge in [-0.3, -0.25) is 4.79 Å². The Bertz CT molecular complexity index is 337. The second kappa shape index (κ2) is 5.66. The van der Waals surface area contributed by atoms with Gasteiger partial charge in [0.2, 0.25) is 0 Å². The van der Waals surface area contributed by atoms with E-state index in [0.29, 0.717) is 5.92 Å². The zero-order valence-corrected chi connectivity index (χ0v) is 11.7. The normalized spacial score (nSPS) is 12.5. The van der Waals surface area contributed by atoms with Crippen LogP contribution in [0.15, 0.2) is 15.2 Å². The monoisotopic (exact) mass is 289 g/mol. The Labute approximate surface area is 103 Å². The van der Waals surface area contributed by atoms with E-state index < -0.39 is 0 Å². The van der Waals surface area contributed by atoms with Crippen molar-refractivity contribution in [3.05, 3.63) is 20.8 Å². The number of hydrogen-bond donors (Lipinski definition) is 0.